The molecule has 4 rings (SSSR count). The zero-order valence-electron chi connectivity index (χ0n) is 21.8. The molecule has 2 aliphatic rings. The van der Waals surface area contributed by atoms with Crippen LogP contribution < -0.4 is 5.32 Å². The number of aromatic nitrogens is 2. The van der Waals surface area contributed by atoms with Crippen molar-refractivity contribution in [3.8, 4) is 5.69 Å². The maximum Gasteiger partial charge on any atom is 0.410 e. The van der Waals surface area contributed by atoms with Gasteiger partial charge in [0.1, 0.15) is 5.60 Å². The Bertz CT molecular complexity index is 1070. The van der Waals surface area contributed by atoms with Gasteiger partial charge < -0.3 is 15.0 Å². The second-order valence-electron chi connectivity index (χ2n) is 10.7. The Balaban J connectivity index is 1.54. The molecule has 1 aromatic heterocycles. The third-order valence-corrected chi connectivity index (χ3v) is 7.28. The standard InChI is InChI=1S/C27H38ClN5O3/c1-5-31-13-7-10-22(31)17-29-25(34)23-18-30-33(21-9-6-8-20(28)16-21)24(23)19-11-14-32(15-12-19)26(35)36-27(2,3)4/h6,8-9,16,18-19,22H,5,7,10-15,17H2,1-4H3,(H,29,34)/t22-/m0/s1. The van der Waals surface area contributed by atoms with Gasteiger partial charge in [-0.25, -0.2) is 9.48 Å². The molecular formula is C27H38ClN5O3. The Morgan fingerprint density at radius 3 is 2.58 bits per heavy atom. The van der Waals surface area contributed by atoms with E-state index in [0.29, 0.717) is 36.3 Å². The van der Waals surface area contributed by atoms with Gasteiger partial charge in [0.05, 0.1) is 23.1 Å². The molecule has 0 saturated carbocycles. The number of piperidine rings is 1. The van der Waals surface area contributed by atoms with Gasteiger partial charge in [0.25, 0.3) is 5.91 Å². The number of nitrogens with one attached hydrogen (secondary N) is 1. The smallest absolute Gasteiger partial charge is 0.410 e. The fraction of sp³-hybridized carbons (Fsp3) is 0.593. The molecule has 0 radical (unpaired) electrons. The second kappa shape index (κ2) is 11.2. The third kappa shape index (κ3) is 6.21. The molecule has 2 fully saturated rings. The predicted octanol–water partition coefficient (Wildman–Crippen LogP) is 4.85. The molecule has 2 amide bonds. The first kappa shape index (κ1) is 26.5. The lowest BCUT2D eigenvalue weighted by molar-refractivity contribution is 0.0203. The van der Waals surface area contributed by atoms with Crippen LogP contribution in [0, 0.1) is 0 Å². The number of likely N-dealkylation sites (N-methyl/N-ethyl adjacent to an activating group) is 1. The number of nitrogens with zero attached hydrogens (tertiary/aromatic N) is 4. The summed E-state index contributed by atoms with van der Waals surface area (Å²) in [7, 11) is 0. The van der Waals surface area contributed by atoms with Crippen LogP contribution in [0.15, 0.2) is 30.5 Å². The number of hydrogen-bond acceptors (Lipinski definition) is 5. The van der Waals surface area contributed by atoms with E-state index in [-0.39, 0.29) is 17.9 Å². The van der Waals surface area contributed by atoms with Gasteiger partial charge in [-0.1, -0.05) is 24.6 Å². The fourth-order valence-electron chi connectivity index (χ4n) is 5.25. The van der Waals surface area contributed by atoms with Gasteiger partial charge in [-0.05, 0) is 77.7 Å². The largest absolute Gasteiger partial charge is 0.444 e. The van der Waals surface area contributed by atoms with Gasteiger partial charge in [-0.2, -0.15) is 5.10 Å². The van der Waals surface area contributed by atoms with E-state index in [4.69, 9.17) is 16.3 Å². The summed E-state index contributed by atoms with van der Waals surface area (Å²) >= 11 is 6.28. The van der Waals surface area contributed by atoms with Crippen LogP contribution in [0.2, 0.25) is 5.02 Å². The van der Waals surface area contributed by atoms with Crippen molar-refractivity contribution in [2.75, 3.05) is 32.7 Å². The molecule has 2 aromatic rings. The van der Waals surface area contributed by atoms with E-state index >= 15 is 0 Å². The van der Waals surface area contributed by atoms with Gasteiger partial charge in [0, 0.05) is 36.6 Å². The van der Waals surface area contributed by atoms with Crippen molar-refractivity contribution in [1.82, 2.24) is 24.9 Å². The molecule has 8 nitrogen and oxygen atoms in total. The second-order valence-corrected chi connectivity index (χ2v) is 11.1. The highest BCUT2D eigenvalue weighted by Gasteiger charge is 2.32. The SMILES string of the molecule is CCN1CCC[C@H]1CNC(=O)c1cnn(-c2cccc(Cl)c2)c1C1CCN(C(=O)OC(C)(C)C)CC1. The zero-order chi connectivity index (χ0) is 25.9. The molecule has 3 heterocycles. The Morgan fingerprint density at radius 2 is 1.92 bits per heavy atom. The van der Waals surface area contributed by atoms with Crippen molar-refractivity contribution in [2.24, 2.45) is 0 Å². The van der Waals surface area contributed by atoms with Gasteiger partial charge >= 0.3 is 6.09 Å². The molecule has 0 spiro atoms. The normalized spacial score (nSPS) is 19.5. The Labute approximate surface area is 218 Å². The summed E-state index contributed by atoms with van der Waals surface area (Å²) < 4.78 is 7.39. The average molecular weight is 516 g/mol. The molecular weight excluding hydrogens is 478 g/mol. The minimum atomic E-state index is -0.531. The average Bonchev–Trinajstić information content (AvgIpc) is 3.48. The Morgan fingerprint density at radius 1 is 1.17 bits per heavy atom. The fourth-order valence-corrected chi connectivity index (χ4v) is 5.43. The van der Waals surface area contributed by atoms with Crippen molar-refractivity contribution in [1.29, 1.82) is 0 Å². The summed E-state index contributed by atoms with van der Waals surface area (Å²) in [5.74, 6) is -0.0275. The van der Waals surface area contributed by atoms with Gasteiger partial charge in [0.15, 0.2) is 0 Å². The molecule has 2 aliphatic heterocycles. The van der Waals surface area contributed by atoms with E-state index in [1.807, 2.05) is 49.7 Å². The number of rotatable bonds is 6. The third-order valence-electron chi connectivity index (χ3n) is 7.04. The summed E-state index contributed by atoms with van der Waals surface area (Å²) in [6.07, 6.45) is 5.09. The number of likely N-dealkylation sites (tertiary alicyclic amines) is 2. The van der Waals surface area contributed by atoms with E-state index in [0.717, 1.165) is 43.7 Å². The first-order chi connectivity index (χ1) is 17.2. The lowest BCUT2D eigenvalue weighted by atomic mass is 9.90. The van der Waals surface area contributed by atoms with E-state index in [1.165, 1.54) is 6.42 Å². The van der Waals surface area contributed by atoms with Crippen LogP contribution in [0.1, 0.15) is 75.3 Å². The van der Waals surface area contributed by atoms with E-state index in [1.54, 1.807) is 11.1 Å². The van der Waals surface area contributed by atoms with Gasteiger partial charge in [-0.15, -0.1) is 0 Å². The number of ether oxygens (including phenoxy) is 1. The van der Waals surface area contributed by atoms with Crippen LogP contribution in [0.4, 0.5) is 4.79 Å². The molecule has 9 heteroatoms. The maximum absolute atomic E-state index is 13.4. The quantitative estimate of drug-likeness (QED) is 0.594. The van der Waals surface area contributed by atoms with Crippen LogP contribution in [-0.2, 0) is 4.74 Å². The summed E-state index contributed by atoms with van der Waals surface area (Å²) in [6, 6.07) is 7.88. The highest BCUT2D eigenvalue weighted by Crippen LogP contribution is 2.33. The first-order valence-electron chi connectivity index (χ1n) is 13.0. The molecule has 0 aliphatic carbocycles. The van der Waals surface area contributed by atoms with Crippen LogP contribution in [-0.4, -0.2) is 75.9 Å². The lowest BCUT2D eigenvalue weighted by Gasteiger charge is -2.34. The molecule has 0 bridgehead atoms. The topological polar surface area (TPSA) is 79.7 Å². The molecule has 1 N–H and O–H groups in total. The summed E-state index contributed by atoms with van der Waals surface area (Å²) in [6.45, 7) is 11.6. The Kier molecular flexibility index (Phi) is 8.25. The van der Waals surface area contributed by atoms with Crippen molar-refractivity contribution in [3.05, 3.63) is 46.7 Å². The highest BCUT2D eigenvalue weighted by molar-refractivity contribution is 6.30. The maximum atomic E-state index is 13.4. The highest BCUT2D eigenvalue weighted by atomic mass is 35.5. The van der Waals surface area contributed by atoms with E-state index in [9.17, 15) is 9.59 Å². The molecule has 2 saturated heterocycles. The molecule has 0 unspecified atom stereocenters. The van der Waals surface area contributed by atoms with Crippen molar-refractivity contribution in [3.63, 3.8) is 0 Å². The monoisotopic (exact) mass is 515 g/mol. The number of hydrogen-bond donors (Lipinski definition) is 1. The van der Waals surface area contributed by atoms with Crippen LogP contribution in [0.25, 0.3) is 5.69 Å². The minimum Gasteiger partial charge on any atom is -0.444 e. The van der Waals surface area contributed by atoms with E-state index in [2.05, 4.69) is 22.2 Å². The van der Waals surface area contributed by atoms with Crippen LogP contribution in [0.3, 0.4) is 0 Å². The summed E-state index contributed by atoms with van der Waals surface area (Å²) in [4.78, 5) is 30.2. The lowest BCUT2D eigenvalue weighted by Crippen LogP contribution is -2.42. The molecule has 36 heavy (non-hydrogen) atoms. The summed E-state index contributed by atoms with van der Waals surface area (Å²) in [5.41, 5.74) is 1.75. The van der Waals surface area contributed by atoms with Crippen molar-refractivity contribution < 1.29 is 14.3 Å². The molecule has 1 aromatic carbocycles. The number of halogens is 1. The van der Waals surface area contributed by atoms with Crippen molar-refractivity contribution in [2.45, 2.75) is 70.9 Å². The van der Waals surface area contributed by atoms with Crippen LogP contribution >= 0.6 is 11.6 Å². The number of carbonyl (C=O) groups excluding carboxylic acids is 2. The predicted molar refractivity (Wildman–Crippen MR) is 141 cm³/mol. The minimum absolute atomic E-state index is 0.0736. The molecule has 1 atom stereocenters. The number of carbonyl (C=O) groups is 2. The Hall–Kier alpha value is -2.58. The number of amides is 2. The van der Waals surface area contributed by atoms with Crippen LogP contribution in [0.5, 0.6) is 0 Å². The van der Waals surface area contributed by atoms with Crippen molar-refractivity contribution >= 4 is 23.6 Å². The summed E-state index contributed by atoms with van der Waals surface area (Å²) in [5, 5.41) is 8.40. The first-order valence-corrected chi connectivity index (χ1v) is 13.4. The zero-order valence-corrected chi connectivity index (χ0v) is 22.6. The van der Waals surface area contributed by atoms with Gasteiger partial charge in [0.2, 0.25) is 0 Å². The number of benzene rings is 1. The van der Waals surface area contributed by atoms with E-state index < -0.39 is 5.60 Å². The van der Waals surface area contributed by atoms with Gasteiger partial charge in [-0.3, -0.25) is 9.69 Å². The molecule has 196 valence electrons.